The van der Waals surface area contributed by atoms with Gasteiger partial charge in [-0.15, -0.1) is 0 Å². The third-order valence-electron chi connectivity index (χ3n) is 3.49. The molecule has 16 heavy (non-hydrogen) atoms. The Bertz CT molecular complexity index is 367. The minimum atomic E-state index is 0.637. The standard InChI is InChI=1S/C15H21N/c1-3-12(2)11-16-15-9-8-13-6-4-5-7-14(13)10-15/h4-7,15-16H,2-3,8-11H2,1H3. The van der Waals surface area contributed by atoms with E-state index in [0.29, 0.717) is 6.04 Å². The molecular formula is C15H21N. The molecule has 0 aliphatic heterocycles. The van der Waals surface area contributed by atoms with Crippen LogP contribution in [-0.2, 0) is 12.8 Å². The van der Waals surface area contributed by atoms with Crippen molar-refractivity contribution in [1.29, 1.82) is 0 Å². The summed E-state index contributed by atoms with van der Waals surface area (Å²) >= 11 is 0. The maximum Gasteiger partial charge on any atom is 0.0164 e. The molecule has 0 radical (unpaired) electrons. The molecule has 1 aromatic carbocycles. The molecule has 0 bridgehead atoms. The first-order chi connectivity index (χ1) is 7.79. The first kappa shape index (κ1) is 11.4. The molecule has 86 valence electrons. The van der Waals surface area contributed by atoms with Crippen LogP contribution in [-0.4, -0.2) is 12.6 Å². The predicted molar refractivity (Wildman–Crippen MR) is 69.7 cm³/mol. The average molecular weight is 215 g/mol. The van der Waals surface area contributed by atoms with Gasteiger partial charge in [-0.1, -0.05) is 43.3 Å². The van der Waals surface area contributed by atoms with Gasteiger partial charge in [-0.2, -0.15) is 0 Å². The van der Waals surface area contributed by atoms with Gasteiger partial charge in [0.1, 0.15) is 0 Å². The van der Waals surface area contributed by atoms with Crippen molar-refractivity contribution in [3.8, 4) is 0 Å². The Morgan fingerprint density at radius 3 is 2.88 bits per heavy atom. The molecule has 1 aliphatic rings. The monoisotopic (exact) mass is 215 g/mol. The van der Waals surface area contributed by atoms with Crippen LogP contribution in [0.1, 0.15) is 30.9 Å². The lowest BCUT2D eigenvalue weighted by molar-refractivity contribution is 0.473. The molecule has 0 fully saturated rings. The van der Waals surface area contributed by atoms with Crippen molar-refractivity contribution in [1.82, 2.24) is 5.32 Å². The Morgan fingerprint density at radius 1 is 1.38 bits per heavy atom. The Hall–Kier alpha value is -1.08. The number of aryl methyl sites for hydroxylation is 1. The van der Waals surface area contributed by atoms with E-state index < -0.39 is 0 Å². The van der Waals surface area contributed by atoms with E-state index in [4.69, 9.17) is 0 Å². The molecule has 1 N–H and O–H groups in total. The van der Waals surface area contributed by atoms with Gasteiger partial charge in [0.25, 0.3) is 0 Å². The summed E-state index contributed by atoms with van der Waals surface area (Å²) < 4.78 is 0. The van der Waals surface area contributed by atoms with Crippen molar-refractivity contribution in [3.05, 3.63) is 47.5 Å². The molecule has 1 nitrogen and oxygen atoms in total. The van der Waals surface area contributed by atoms with Crippen molar-refractivity contribution >= 4 is 0 Å². The van der Waals surface area contributed by atoms with E-state index in [9.17, 15) is 0 Å². The van der Waals surface area contributed by atoms with Gasteiger partial charge in [-0.3, -0.25) is 0 Å². The van der Waals surface area contributed by atoms with Crippen LogP contribution in [0.2, 0.25) is 0 Å². The van der Waals surface area contributed by atoms with Crippen molar-refractivity contribution in [2.45, 2.75) is 38.6 Å². The second-order valence-electron chi connectivity index (χ2n) is 4.69. The van der Waals surface area contributed by atoms with Crippen LogP contribution in [0.5, 0.6) is 0 Å². The quantitative estimate of drug-likeness (QED) is 0.761. The highest BCUT2D eigenvalue weighted by Gasteiger charge is 2.17. The van der Waals surface area contributed by atoms with Gasteiger partial charge in [0.15, 0.2) is 0 Å². The fourth-order valence-electron chi connectivity index (χ4n) is 2.29. The number of rotatable bonds is 4. The first-order valence-corrected chi connectivity index (χ1v) is 6.26. The largest absolute Gasteiger partial charge is 0.310 e. The molecular weight excluding hydrogens is 194 g/mol. The van der Waals surface area contributed by atoms with Gasteiger partial charge in [0.2, 0.25) is 0 Å². The zero-order valence-electron chi connectivity index (χ0n) is 10.1. The predicted octanol–water partition coefficient (Wildman–Crippen LogP) is 3.10. The fraction of sp³-hybridized carbons (Fsp3) is 0.467. The van der Waals surface area contributed by atoms with Crippen LogP contribution >= 0.6 is 0 Å². The Labute approximate surface area is 98.6 Å². The molecule has 0 saturated carbocycles. The van der Waals surface area contributed by atoms with Crippen LogP contribution in [0, 0.1) is 0 Å². The SMILES string of the molecule is C=C(CC)CNC1CCc2ccccc2C1. The summed E-state index contributed by atoms with van der Waals surface area (Å²) in [5, 5.41) is 3.61. The van der Waals surface area contributed by atoms with E-state index in [1.165, 1.54) is 36.0 Å². The van der Waals surface area contributed by atoms with Gasteiger partial charge in [-0.05, 0) is 36.8 Å². The molecule has 0 spiro atoms. The summed E-state index contributed by atoms with van der Waals surface area (Å²) in [4.78, 5) is 0. The number of benzene rings is 1. The van der Waals surface area contributed by atoms with E-state index in [1.54, 1.807) is 0 Å². The summed E-state index contributed by atoms with van der Waals surface area (Å²) in [7, 11) is 0. The second-order valence-corrected chi connectivity index (χ2v) is 4.69. The lowest BCUT2D eigenvalue weighted by Crippen LogP contribution is -2.35. The number of nitrogens with one attached hydrogen (secondary N) is 1. The Morgan fingerprint density at radius 2 is 2.12 bits per heavy atom. The smallest absolute Gasteiger partial charge is 0.0164 e. The van der Waals surface area contributed by atoms with Crippen molar-refractivity contribution in [3.63, 3.8) is 0 Å². The van der Waals surface area contributed by atoms with Crippen molar-refractivity contribution in [2.75, 3.05) is 6.54 Å². The van der Waals surface area contributed by atoms with Gasteiger partial charge < -0.3 is 5.32 Å². The molecule has 1 aliphatic carbocycles. The van der Waals surface area contributed by atoms with E-state index in [-0.39, 0.29) is 0 Å². The minimum absolute atomic E-state index is 0.637. The lowest BCUT2D eigenvalue weighted by atomic mass is 9.88. The second kappa shape index (κ2) is 5.31. The minimum Gasteiger partial charge on any atom is -0.310 e. The molecule has 0 saturated heterocycles. The van der Waals surface area contributed by atoms with Crippen LogP contribution in [0.3, 0.4) is 0 Å². The molecule has 0 aromatic heterocycles. The average Bonchev–Trinajstić information content (AvgIpc) is 2.35. The first-order valence-electron chi connectivity index (χ1n) is 6.26. The maximum absolute atomic E-state index is 4.04. The summed E-state index contributed by atoms with van der Waals surface area (Å²) in [6, 6.07) is 9.45. The van der Waals surface area contributed by atoms with Crippen LogP contribution in [0.15, 0.2) is 36.4 Å². The topological polar surface area (TPSA) is 12.0 Å². The van der Waals surface area contributed by atoms with E-state index >= 15 is 0 Å². The number of fused-ring (bicyclic) bond motifs is 1. The molecule has 1 aromatic rings. The molecule has 0 amide bonds. The lowest BCUT2D eigenvalue weighted by Gasteiger charge is -2.25. The summed E-state index contributed by atoms with van der Waals surface area (Å²) in [6.07, 6.45) is 4.73. The molecule has 1 heteroatoms. The van der Waals surface area contributed by atoms with Gasteiger partial charge in [-0.25, -0.2) is 0 Å². The van der Waals surface area contributed by atoms with Gasteiger partial charge in [0.05, 0.1) is 0 Å². The molecule has 1 unspecified atom stereocenters. The number of hydrogen-bond acceptors (Lipinski definition) is 1. The molecule has 1 atom stereocenters. The van der Waals surface area contributed by atoms with Crippen LogP contribution in [0.4, 0.5) is 0 Å². The zero-order valence-corrected chi connectivity index (χ0v) is 10.1. The summed E-state index contributed by atoms with van der Waals surface area (Å²) in [5.74, 6) is 0. The summed E-state index contributed by atoms with van der Waals surface area (Å²) in [6.45, 7) is 7.18. The molecule has 0 heterocycles. The zero-order chi connectivity index (χ0) is 11.4. The highest BCUT2D eigenvalue weighted by Crippen LogP contribution is 2.21. The van der Waals surface area contributed by atoms with Crippen LogP contribution in [0.25, 0.3) is 0 Å². The van der Waals surface area contributed by atoms with Crippen LogP contribution < -0.4 is 5.32 Å². The molecule has 2 rings (SSSR count). The summed E-state index contributed by atoms with van der Waals surface area (Å²) in [5.41, 5.74) is 4.36. The van der Waals surface area contributed by atoms with Crippen molar-refractivity contribution in [2.24, 2.45) is 0 Å². The van der Waals surface area contributed by atoms with Gasteiger partial charge >= 0.3 is 0 Å². The third-order valence-corrected chi connectivity index (χ3v) is 3.49. The highest BCUT2D eigenvalue weighted by atomic mass is 14.9. The Balaban J connectivity index is 1.90. The van der Waals surface area contributed by atoms with Crippen molar-refractivity contribution < 1.29 is 0 Å². The van der Waals surface area contributed by atoms with E-state index in [2.05, 4.69) is 43.1 Å². The highest BCUT2D eigenvalue weighted by molar-refractivity contribution is 5.30. The van der Waals surface area contributed by atoms with E-state index in [0.717, 1.165) is 13.0 Å². The number of hydrogen-bond donors (Lipinski definition) is 1. The normalized spacial score (nSPS) is 19.2. The third kappa shape index (κ3) is 2.73. The fourth-order valence-corrected chi connectivity index (χ4v) is 2.29. The maximum atomic E-state index is 4.04. The van der Waals surface area contributed by atoms with Gasteiger partial charge in [0, 0.05) is 12.6 Å². The van der Waals surface area contributed by atoms with E-state index in [1.807, 2.05) is 0 Å². The Kier molecular flexibility index (Phi) is 3.79.